The molecule has 1 heterocycles. The van der Waals surface area contributed by atoms with Crippen LogP contribution in [-0.2, 0) is 6.54 Å². The molecule has 1 N–H and O–H groups in total. The summed E-state index contributed by atoms with van der Waals surface area (Å²) in [5.41, 5.74) is 0.806. The Bertz CT molecular complexity index is 929. The number of carbonyl (C=O) groups excluding carboxylic acids is 1. The summed E-state index contributed by atoms with van der Waals surface area (Å²) in [6.07, 6.45) is 0. The number of benzene rings is 2. The molecule has 0 saturated heterocycles. The summed E-state index contributed by atoms with van der Waals surface area (Å²) in [5, 5.41) is 3.57. The number of nitrogens with one attached hydrogen (secondary N) is 1. The largest absolute Gasteiger partial charge is 0.493 e. The first-order chi connectivity index (χ1) is 12.5. The number of hydrogen-bond donors (Lipinski definition) is 1. The zero-order valence-electron chi connectivity index (χ0n) is 14.6. The van der Waals surface area contributed by atoms with E-state index in [1.807, 2.05) is 0 Å². The van der Waals surface area contributed by atoms with Crippen molar-refractivity contribution in [3.8, 4) is 17.2 Å². The first kappa shape index (κ1) is 18.0. The topological polar surface area (TPSA) is 56.8 Å². The van der Waals surface area contributed by atoms with E-state index in [1.54, 1.807) is 24.3 Å². The minimum atomic E-state index is -0.320. The fraction of sp³-hybridized carbons (Fsp3) is 0.211. The maximum Gasteiger partial charge on any atom is 0.261 e. The summed E-state index contributed by atoms with van der Waals surface area (Å²) in [7, 11) is 4.61. The van der Waals surface area contributed by atoms with Gasteiger partial charge in [0.15, 0.2) is 11.5 Å². The van der Waals surface area contributed by atoms with Crippen LogP contribution in [-0.4, -0.2) is 27.2 Å². The number of ether oxygens (including phenoxy) is 3. The van der Waals surface area contributed by atoms with Crippen LogP contribution in [0.15, 0.2) is 36.4 Å². The number of fused-ring (bicyclic) bond motifs is 1. The van der Waals surface area contributed by atoms with E-state index in [0.717, 1.165) is 10.3 Å². The van der Waals surface area contributed by atoms with Crippen molar-refractivity contribution in [2.75, 3.05) is 21.3 Å². The highest BCUT2D eigenvalue weighted by atomic mass is 32.1. The third-order valence-corrected chi connectivity index (χ3v) is 4.99. The van der Waals surface area contributed by atoms with Gasteiger partial charge in [0, 0.05) is 11.2 Å². The summed E-state index contributed by atoms with van der Waals surface area (Å²) in [5.74, 6) is 0.999. The van der Waals surface area contributed by atoms with Crippen molar-refractivity contribution >= 4 is 27.3 Å². The van der Waals surface area contributed by atoms with E-state index in [-0.39, 0.29) is 18.3 Å². The molecule has 3 aromatic rings. The van der Waals surface area contributed by atoms with Crippen LogP contribution in [0.4, 0.5) is 4.39 Å². The van der Waals surface area contributed by atoms with Crippen molar-refractivity contribution < 1.29 is 23.4 Å². The van der Waals surface area contributed by atoms with Crippen LogP contribution < -0.4 is 19.5 Å². The van der Waals surface area contributed by atoms with E-state index in [1.165, 1.54) is 44.8 Å². The lowest BCUT2D eigenvalue weighted by Crippen LogP contribution is -2.21. The van der Waals surface area contributed by atoms with Gasteiger partial charge in [-0.1, -0.05) is 0 Å². The molecule has 0 aliphatic rings. The predicted molar refractivity (Wildman–Crippen MR) is 99.1 cm³/mol. The number of amides is 1. The van der Waals surface area contributed by atoms with Gasteiger partial charge in [-0.05, 0) is 47.3 Å². The predicted octanol–water partition coefficient (Wildman–Crippen LogP) is 4.00. The van der Waals surface area contributed by atoms with Gasteiger partial charge >= 0.3 is 0 Å². The average Bonchev–Trinajstić information content (AvgIpc) is 3.08. The minimum absolute atomic E-state index is 0.222. The molecule has 0 saturated carbocycles. The van der Waals surface area contributed by atoms with Crippen LogP contribution in [0, 0.1) is 5.82 Å². The number of halogens is 1. The number of methoxy groups -OCH3 is 3. The molecule has 7 heteroatoms. The van der Waals surface area contributed by atoms with Crippen molar-refractivity contribution in [1.29, 1.82) is 0 Å². The standard InChI is InChI=1S/C19H18FNO4S/c1-23-14-6-11(7-15(24-2)18(14)25-3)10-21-19(22)17-9-12-8-13(20)4-5-16(12)26-17/h4-9H,10H2,1-3H3,(H,21,22). The molecule has 26 heavy (non-hydrogen) atoms. The molecule has 136 valence electrons. The van der Waals surface area contributed by atoms with E-state index in [4.69, 9.17) is 14.2 Å². The maximum absolute atomic E-state index is 13.3. The van der Waals surface area contributed by atoms with Crippen molar-refractivity contribution in [1.82, 2.24) is 5.32 Å². The number of thiophene rings is 1. The molecule has 2 aromatic carbocycles. The van der Waals surface area contributed by atoms with Gasteiger partial charge in [-0.3, -0.25) is 4.79 Å². The smallest absolute Gasteiger partial charge is 0.261 e. The Morgan fingerprint density at radius 1 is 1.04 bits per heavy atom. The van der Waals surface area contributed by atoms with Crippen LogP contribution in [0.2, 0.25) is 0 Å². The van der Waals surface area contributed by atoms with Crippen LogP contribution in [0.3, 0.4) is 0 Å². The molecule has 0 aliphatic heterocycles. The molecule has 0 fully saturated rings. The quantitative estimate of drug-likeness (QED) is 0.708. The van der Waals surface area contributed by atoms with Crippen LogP contribution in [0.5, 0.6) is 17.2 Å². The van der Waals surface area contributed by atoms with E-state index in [2.05, 4.69) is 5.32 Å². The lowest BCUT2D eigenvalue weighted by molar-refractivity contribution is 0.0955. The minimum Gasteiger partial charge on any atom is -0.493 e. The Balaban J connectivity index is 1.78. The van der Waals surface area contributed by atoms with Gasteiger partial charge in [0.25, 0.3) is 5.91 Å². The Morgan fingerprint density at radius 2 is 1.73 bits per heavy atom. The van der Waals surface area contributed by atoms with Gasteiger partial charge in [0.2, 0.25) is 5.75 Å². The Labute approximate surface area is 154 Å². The third kappa shape index (κ3) is 3.57. The molecular formula is C19H18FNO4S. The lowest BCUT2D eigenvalue weighted by atomic mass is 10.1. The second-order valence-corrected chi connectivity index (χ2v) is 6.59. The molecule has 1 aromatic heterocycles. The molecular weight excluding hydrogens is 357 g/mol. The third-order valence-electron chi connectivity index (χ3n) is 3.88. The summed E-state index contributed by atoms with van der Waals surface area (Å²) in [6, 6.07) is 9.72. The fourth-order valence-electron chi connectivity index (χ4n) is 2.63. The van der Waals surface area contributed by atoms with Gasteiger partial charge < -0.3 is 19.5 Å². The summed E-state index contributed by atoms with van der Waals surface area (Å²) in [6.45, 7) is 0.290. The molecule has 0 atom stereocenters. The lowest BCUT2D eigenvalue weighted by Gasteiger charge is -2.14. The zero-order chi connectivity index (χ0) is 18.7. The molecule has 0 unspecified atom stereocenters. The van der Waals surface area contributed by atoms with Crippen LogP contribution >= 0.6 is 11.3 Å². The monoisotopic (exact) mass is 375 g/mol. The highest BCUT2D eigenvalue weighted by molar-refractivity contribution is 7.20. The molecule has 3 rings (SSSR count). The van der Waals surface area contributed by atoms with Gasteiger partial charge in [-0.15, -0.1) is 11.3 Å². The molecule has 0 spiro atoms. The van der Waals surface area contributed by atoms with Crippen LogP contribution in [0.1, 0.15) is 15.2 Å². The second kappa shape index (κ2) is 7.61. The van der Waals surface area contributed by atoms with Gasteiger partial charge in [0.05, 0.1) is 26.2 Å². The van der Waals surface area contributed by atoms with E-state index in [9.17, 15) is 9.18 Å². The zero-order valence-corrected chi connectivity index (χ0v) is 15.4. The second-order valence-electron chi connectivity index (χ2n) is 5.51. The van der Waals surface area contributed by atoms with Crippen molar-refractivity contribution in [2.24, 2.45) is 0 Å². The molecule has 0 radical (unpaired) electrons. The average molecular weight is 375 g/mol. The summed E-state index contributed by atoms with van der Waals surface area (Å²) >= 11 is 1.32. The first-order valence-corrected chi connectivity index (χ1v) is 8.63. The van der Waals surface area contributed by atoms with Gasteiger partial charge in [0.1, 0.15) is 5.82 Å². The van der Waals surface area contributed by atoms with Gasteiger partial charge in [-0.25, -0.2) is 4.39 Å². The molecule has 5 nitrogen and oxygen atoms in total. The number of rotatable bonds is 6. The summed E-state index contributed by atoms with van der Waals surface area (Å²) in [4.78, 5) is 12.9. The molecule has 0 bridgehead atoms. The normalized spacial score (nSPS) is 10.6. The summed E-state index contributed by atoms with van der Waals surface area (Å²) < 4.78 is 30.1. The Morgan fingerprint density at radius 3 is 2.35 bits per heavy atom. The van der Waals surface area contributed by atoms with Crippen molar-refractivity contribution in [3.05, 3.63) is 52.7 Å². The van der Waals surface area contributed by atoms with Gasteiger partial charge in [-0.2, -0.15) is 0 Å². The van der Waals surface area contributed by atoms with E-state index >= 15 is 0 Å². The Kier molecular flexibility index (Phi) is 5.27. The maximum atomic E-state index is 13.3. The SMILES string of the molecule is COc1cc(CNC(=O)c2cc3cc(F)ccc3s2)cc(OC)c1OC. The molecule has 1 amide bonds. The van der Waals surface area contributed by atoms with Crippen molar-refractivity contribution in [2.45, 2.75) is 6.54 Å². The van der Waals surface area contributed by atoms with E-state index < -0.39 is 0 Å². The van der Waals surface area contributed by atoms with Crippen molar-refractivity contribution in [3.63, 3.8) is 0 Å². The first-order valence-electron chi connectivity index (χ1n) is 7.82. The highest BCUT2D eigenvalue weighted by Crippen LogP contribution is 2.38. The Hall–Kier alpha value is -2.80. The highest BCUT2D eigenvalue weighted by Gasteiger charge is 2.15. The number of hydrogen-bond acceptors (Lipinski definition) is 5. The number of carbonyl (C=O) groups is 1. The molecule has 0 aliphatic carbocycles. The fourth-order valence-corrected chi connectivity index (χ4v) is 3.59. The van der Waals surface area contributed by atoms with Crippen LogP contribution in [0.25, 0.3) is 10.1 Å². The van der Waals surface area contributed by atoms with E-state index in [0.29, 0.717) is 27.5 Å².